The lowest BCUT2D eigenvalue weighted by Gasteiger charge is -2.03. The van der Waals surface area contributed by atoms with E-state index in [1.807, 2.05) is 0 Å². The van der Waals surface area contributed by atoms with Gasteiger partial charge >= 0.3 is 0 Å². The Labute approximate surface area is 84.2 Å². The summed E-state index contributed by atoms with van der Waals surface area (Å²) in [6.45, 7) is 0. The molecule has 6 nitrogen and oxygen atoms in total. The predicted octanol–water partition coefficient (Wildman–Crippen LogP) is 0.598. The quantitative estimate of drug-likeness (QED) is 0.568. The molecule has 0 aromatic heterocycles. The summed E-state index contributed by atoms with van der Waals surface area (Å²) in [6, 6.07) is 2.82. The lowest BCUT2D eigenvalue weighted by molar-refractivity contribution is -0.385. The molecule has 0 saturated heterocycles. The summed E-state index contributed by atoms with van der Waals surface area (Å²) >= 11 is 0. The minimum absolute atomic E-state index is 0.255. The number of carbonyl (C=O) groups excluding carboxylic acids is 1. The van der Waals surface area contributed by atoms with Crippen molar-refractivity contribution in [3.8, 4) is 0 Å². The first-order chi connectivity index (χ1) is 7.06. The third-order valence-electron chi connectivity index (χ3n) is 1.65. The van der Waals surface area contributed by atoms with Gasteiger partial charge in [0.25, 0.3) is 11.6 Å². The van der Waals surface area contributed by atoms with E-state index in [4.69, 9.17) is 0 Å². The van der Waals surface area contributed by atoms with E-state index in [0.717, 1.165) is 12.1 Å². The first-order valence-corrected chi connectivity index (χ1v) is 3.97. The molecule has 7 heteroatoms. The molecule has 1 aromatic carbocycles. The minimum atomic E-state index is -0.933. The molecule has 0 radical (unpaired) electrons. The SMILES string of the molecule is CNNC(=O)c1ccc([N+](=O)[O-])cc1F. The molecule has 2 N–H and O–H groups in total. The number of nitro groups is 1. The van der Waals surface area contributed by atoms with E-state index in [1.165, 1.54) is 7.05 Å². The molecule has 0 heterocycles. The van der Waals surface area contributed by atoms with Crippen molar-refractivity contribution in [2.24, 2.45) is 0 Å². The van der Waals surface area contributed by atoms with Crippen LogP contribution in [0.5, 0.6) is 0 Å². The highest BCUT2D eigenvalue weighted by molar-refractivity contribution is 5.94. The highest BCUT2D eigenvalue weighted by Gasteiger charge is 2.15. The third kappa shape index (κ3) is 2.47. The molecule has 0 spiro atoms. The van der Waals surface area contributed by atoms with Crippen molar-refractivity contribution >= 4 is 11.6 Å². The molecular formula is C8H8FN3O3. The Morgan fingerprint density at radius 3 is 2.67 bits per heavy atom. The summed E-state index contributed by atoms with van der Waals surface area (Å²) in [7, 11) is 1.45. The van der Waals surface area contributed by atoms with Crippen molar-refractivity contribution in [3.05, 3.63) is 39.7 Å². The molecule has 0 aliphatic carbocycles. The van der Waals surface area contributed by atoms with Gasteiger partial charge in [0.05, 0.1) is 16.6 Å². The Hall–Kier alpha value is -2.02. The zero-order valence-corrected chi connectivity index (χ0v) is 7.78. The molecule has 1 rings (SSSR count). The number of halogens is 1. The Morgan fingerprint density at radius 1 is 1.53 bits per heavy atom. The van der Waals surface area contributed by atoms with Crippen LogP contribution in [0.25, 0.3) is 0 Å². The summed E-state index contributed by atoms with van der Waals surface area (Å²) in [5.74, 6) is -1.62. The number of benzene rings is 1. The normalized spacial score (nSPS) is 9.73. The predicted molar refractivity (Wildman–Crippen MR) is 49.6 cm³/mol. The Bertz CT molecular complexity index is 408. The molecule has 0 aliphatic heterocycles. The maximum atomic E-state index is 13.2. The van der Waals surface area contributed by atoms with Crippen molar-refractivity contribution in [2.45, 2.75) is 0 Å². The lowest BCUT2D eigenvalue weighted by atomic mass is 10.2. The second-order valence-electron chi connectivity index (χ2n) is 2.63. The standard InChI is InChI=1S/C8H8FN3O3/c1-10-11-8(13)6-3-2-5(12(14)15)4-7(6)9/h2-4,10H,1H3,(H,11,13). The van der Waals surface area contributed by atoms with Crippen molar-refractivity contribution in [2.75, 3.05) is 7.05 Å². The number of amides is 1. The summed E-state index contributed by atoms with van der Waals surface area (Å²) < 4.78 is 13.2. The molecular weight excluding hydrogens is 205 g/mol. The number of nitrogens with zero attached hydrogens (tertiary/aromatic N) is 1. The van der Waals surface area contributed by atoms with Crippen molar-refractivity contribution < 1.29 is 14.1 Å². The molecule has 80 valence electrons. The second-order valence-corrected chi connectivity index (χ2v) is 2.63. The number of nitro benzene ring substituents is 1. The molecule has 0 saturated carbocycles. The van der Waals surface area contributed by atoms with Crippen LogP contribution in [-0.4, -0.2) is 17.9 Å². The van der Waals surface area contributed by atoms with E-state index >= 15 is 0 Å². The van der Waals surface area contributed by atoms with Gasteiger partial charge in [0, 0.05) is 13.1 Å². The smallest absolute Gasteiger partial charge is 0.272 e. The van der Waals surface area contributed by atoms with Crippen molar-refractivity contribution in [1.82, 2.24) is 10.9 Å². The van der Waals surface area contributed by atoms with Crippen LogP contribution in [-0.2, 0) is 0 Å². The zero-order chi connectivity index (χ0) is 11.4. The van der Waals surface area contributed by atoms with Gasteiger partial charge in [0.1, 0.15) is 5.82 Å². The molecule has 1 amide bonds. The molecule has 1 aromatic rings. The molecule has 0 fully saturated rings. The highest BCUT2D eigenvalue weighted by atomic mass is 19.1. The van der Waals surface area contributed by atoms with Gasteiger partial charge in [-0.05, 0) is 6.07 Å². The maximum Gasteiger partial charge on any atom is 0.272 e. The second kappa shape index (κ2) is 4.47. The fourth-order valence-electron chi connectivity index (χ4n) is 0.983. The van der Waals surface area contributed by atoms with Crippen LogP contribution in [0.4, 0.5) is 10.1 Å². The zero-order valence-electron chi connectivity index (χ0n) is 7.78. The minimum Gasteiger partial charge on any atom is -0.288 e. The summed E-state index contributed by atoms with van der Waals surface area (Å²) in [5.41, 5.74) is 3.83. The largest absolute Gasteiger partial charge is 0.288 e. The van der Waals surface area contributed by atoms with Gasteiger partial charge in [-0.1, -0.05) is 0 Å². The van der Waals surface area contributed by atoms with E-state index in [2.05, 4.69) is 10.9 Å². The third-order valence-corrected chi connectivity index (χ3v) is 1.65. The van der Waals surface area contributed by atoms with Crippen LogP contribution in [0, 0.1) is 15.9 Å². The Kier molecular flexibility index (Phi) is 3.29. The van der Waals surface area contributed by atoms with Gasteiger partial charge < -0.3 is 0 Å². The van der Waals surface area contributed by atoms with Crippen LogP contribution in [0.2, 0.25) is 0 Å². The number of hydrogen-bond acceptors (Lipinski definition) is 4. The van der Waals surface area contributed by atoms with Crippen molar-refractivity contribution in [1.29, 1.82) is 0 Å². The maximum absolute atomic E-state index is 13.2. The number of hydrogen-bond donors (Lipinski definition) is 2. The number of non-ortho nitro benzene ring substituents is 1. The fourth-order valence-corrected chi connectivity index (χ4v) is 0.983. The van der Waals surface area contributed by atoms with Gasteiger partial charge in [-0.25, -0.2) is 9.82 Å². The van der Waals surface area contributed by atoms with E-state index in [0.29, 0.717) is 6.07 Å². The van der Waals surface area contributed by atoms with Gasteiger partial charge in [-0.15, -0.1) is 0 Å². The fraction of sp³-hybridized carbons (Fsp3) is 0.125. The van der Waals surface area contributed by atoms with E-state index in [-0.39, 0.29) is 5.56 Å². The van der Waals surface area contributed by atoms with Crippen LogP contribution >= 0.6 is 0 Å². The van der Waals surface area contributed by atoms with Crippen LogP contribution < -0.4 is 10.9 Å². The highest BCUT2D eigenvalue weighted by Crippen LogP contribution is 2.16. The van der Waals surface area contributed by atoms with E-state index < -0.39 is 22.3 Å². The van der Waals surface area contributed by atoms with Crippen molar-refractivity contribution in [3.63, 3.8) is 0 Å². The van der Waals surface area contributed by atoms with Crippen LogP contribution in [0.15, 0.2) is 18.2 Å². The Morgan fingerprint density at radius 2 is 2.20 bits per heavy atom. The number of rotatable bonds is 3. The van der Waals surface area contributed by atoms with Gasteiger partial charge in [-0.3, -0.25) is 20.3 Å². The first kappa shape index (κ1) is 11.1. The topological polar surface area (TPSA) is 84.3 Å². The van der Waals surface area contributed by atoms with Crippen LogP contribution in [0.3, 0.4) is 0 Å². The number of nitrogens with one attached hydrogen (secondary N) is 2. The van der Waals surface area contributed by atoms with Gasteiger partial charge in [0.15, 0.2) is 0 Å². The number of carbonyl (C=O) groups is 1. The number of hydrazine groups is 1. The van der Waals surface area contributed by atoms with E-state index in [1.54, 1.807) is 0 Å². The average Bonchev–Trinajstić information content (AvgIpc) is 2.17. The van der Waals surface area contributed by atoms with Gasteiger partial charge in [0.2, 0.25) is 0 Å². The molecule has 15 heavy (non-hydrogen) atoms. The van der Waals surface area contributed by atoms with Gasteiger partial charge in [-0.2, -0.15) is 0 Å². The van der Waals surface area contributed by atoms with E-state index in [9.17, 15) is 19.3 Å². The summed E-state index contributed by atoms with van der Waals surface area (Å²) in [5, 5.41) is 10.3. The average molecular weight is 213 g/mol. The molecule has 0 bridgehead atoms. The lowest BCUT2D eigenvalue weighted by Crippen LogP contribution is -2.34. The Balaban J connectivity index is 3.03. The molecule has 0 unspecified atom stereocenters. The monoisotopic (exact) mass is 213 g/mol. The molecule has 0 atom stereocenters. The molecule has 0 aliphatic rings. The summed E-state index contributed by atoms with van der Waals surface area (Å²) in [4.78, 5) is 20.7. The van der Waals surface area contributed by atoms with Crippen LogP contribution in [0.1, 0.15) is 10.4 Å². The summed E-state index contributed by atoms with van der Waals surface area (Å²) in [6.07, 6.45) is 0. The first-order valence-electron chi connectivity index (χ1n) is 3.97.